The number of hydrogen-bond acceptors (Lipinski definition) is 4. The molecule has 1 aromatic carbocycles. The predicted octanol–water partition coefficient (Wildman–Crippen LogP) is 1.36. The number of benzene rings is 1. The van der Waals surface area contributed by atoms with Gasteiger partial charge in [-0.3, -0.25) is 0 Å². The van der Waals surface area contributed by atoms with Crippen LogP contribution in [0.5, 0.6) is 0 Å². The van der Waals surface area contributed by atoms with Gasteiger partial charge in [-0.15, -0.1) is 0 Å². The molecule has 0 bridgehead atoms. The van der Waals surface area contributed by atoms with Gasteiger partial charge in [0.25, 0.3) is 0 Å². The van der Waals surface area contributed by atoms with Crippen molar-refractivity contribution in [3.63, 3.8) is 0 Å². The second-order valence-corrected chi connectivity index (χ2v) is 7.19. The molecule has 0 amide bonds. The minimum atomic E-state index is -2.99. The average Bonchev–Trinajstić information content (AvgIpc) is 2.30. The molecule has 114 valence electrons. The molecule has 20 heavy (non-hydrogen) atoms. The molecule has 0 heterocycles. The van der Waals surface area contributed by atoms with Crippen LogP contribution in [0.15, 0.2) is 18.2 Å². The summed E-state index contributed by atoms with van der Waals surface area (Å²) < 4.78 is 47.8. The molecule has 0 fully saturated rings. The Morgan fingerprint density at radius 1 is 1.30 bits per heavy atom. The van der Waals surface area contributed by atoms with E-state index in [0.717, 1.165) is 12.1 Å². The molecule has 1 N–H and O–H groups in total. The van der Waals surface area contributed by atoms with E-state index in [1.165, 1.54) is 12.3 Å². The zero-order valence-electron chi connectivity index (χ0n) is 11.5. The highest BCUT2D eigenvalue weighted by Crippen LogP contribution is 2.17. The molecular formula is C13H19F2NO3S. The molecule has 0 saturated carbocycles. The number of hydrogen-bond donors (Lipinski definition) is 1. The highest BCUT2D eigenvalue weighted by Gasteiger charge is 2.13. The fourth-order valence-electron chi connectivity index (χ4n) is 1.81. The summed E-state index contributed by atoms with van der Waals surface area (Å²) in [4.78, 5) is 1.75. The lowest BCUT2D eigenvalue weighted by Gasteiger charge is -2.20. The van der Waals surface area contributed by atoms with Crippen molar-refractivity contribution < 1.29 is 22.3 Å². The van der Waals surface area contributed by atoms with Crippen molar-refractivity contribution >= 4 is 9.84 Å². The zero-order chi connectivity index (χ0) is 15.3. The molecule has 1 unspecified atom stereocenters. The summed E-state index contributed by atoms with van der Waals surface area (Å²) in [5.74, 6) is -1.87. The van der Waals surface area contributed by atoms with Crippen LogP contribution in [-0.2, 0) is 9.84 Å². The lowest BCUT2D eigenvalue weighted by Crippen LogP contribution is -2.27. The molecule has 1 rings (SSSR count). The molecule has 7 heteroatoms. The topological polar surface area (TPSA) is 57.6 Å². The number of halogens is 2. The van der Waals surface area contributed by atoms with Gasteiger partial charge in [-0.25, -0.2) is 17.2 Å². The van der Waals surface area contributed by atoms with Crippen molar-refractivity contribution in [3.8, 4) is 0 Å². The van der Waals surface area contributed by atoms with E-state index in [0.29, 0.717) is 18.5 Å². The van der Waals surface area contributed by atoms with Crippen LogP contribution >= 0.6 is 0 Å². The van der Waals surface area contributed by atoms with Crippen LogP contribution in [0.1, 0.15) is 18.1 Å². The number of nitrogens with zero attached hydrogens (tertiary/aromatic N) is 1. The van der Waals surface area contributed by atoms with Crippen molar-refractivity contribution in [3.05, 3.63) is 35.4 Å². The van der Waals surface area contributed by atoms with Gasteiger partial charge in [-0.2, -0.15) is 0 Å². The van der Waals surface area contributed by atoms with Gasteiger partial charge in [0.05, 0.1) is 11.9 Å². The van der Waals surface area contributed by atoms with Crippen LogP contribution in [-0.4, -0.2) is 50.6 Å². The van der Waals surface area contributed by atoms with Crippen molar-refractivity contribution in [1.29, 1.82) is 0 Å². The normalized spacial score (nSPS) is 13.7. The van der Waals surface area contributed by atoms with Crippen LogP contribution in [0.2, 0.25) is 0 Å². The molecule has 0 saturated heterocycles. The van der Waals surface area contributed by atoms with E-state index in [-0.39, 0.29) is 12.3 Å². The van der Waals surface area contributed by atoms with E-state index >= 15 is 0 Å². The number of rotatable bonds is 7. The summed E-state index contributed by atoms with van der Waals surface area (Å²) in [6.07, 6.45) is 0.677. The first-order valence-corrected chi connectivity index (χ1v) is 8.24. The van der Waals surface area contributed by atoms with E-state index < -0.39 is 27.6 Å². The summed E-state index contributed by atoms with van der Waals surface area (Å²) in [6.45, 7) is 0.711. The Bertz CT molecular complexity index is 549. The van der Waals surface area contributed by atoms with Gasteiger partial charge in [0.2, 0.25) is 0 Å². The fraction of sp³-hybridized carbons (Fsp3) is 0.538. The largest absolute Gasteiger partial charge is 0.387 e. The van der Waals surface area contributed by atoms with Crippen LogP contribution in [0.3, 0.4) is 0 Å². The Hall–Kier alpha value is -1.05. The molecule has 0 aliphatic carbocycles. The first-order chi connectivity index (χ1) is 9.19. The predicted molar refractivity (Wildman–Crippen MR) is 73.1 cm³/mol. The molecule has 0 aliphatic heterocycles. The molecule has 0 spiro atoms. The summed E-state index contributed by atoms with van der Waals surface area (Å²) in [7, 11) is -1.26. The molecule has 0 radical (unpaired) electrons. The minimum Gasteiger partial charge on any atom is -0.387 e. The van der Waals surface area contributed by atoms with E-state index in [1.54, 1.807) is 11.9 Å². The standard InChI is InChI=1S/C13H19F2NO3S/c1-16(6-3-7-20(2,18)19)9-13(17)10-4-5-11(14)12(15)8-10/h4-5,8,13,17H,3,6-7,9H2,1-2H3. The maximum atomic E-state index is 13.0. The van der Waals surface area contributed by atoms with E-state index in [2.05, 4.69) is 0 Å². The Kier molecular flexibility index (Phi) is 6.04. The molecule has 0 aromatic heterocycles. The first-order valence-electron chi connectivity index (χ1n) is 6.18. The Balaban J connectivity index is 2.48. The van der Waals surface area contributed by atoms with Gasteiger partial charge in [0.1, 0.15) is 9.84 Å². The number of sulfone groups is 1. The fourth-order valence-corrected chi connectivity index (χ4v) is 2.46. The minimum absolute atomic E-state index is 0.0820. The van der Waals surface area contributed by atoms with Gasteiger partial charge in [-0.05, 0) is 37.7 Å². The van der Waals surface area contributed by atoms with Crippen molar-refractivity contribution in [2.24, 2.45) is 0 Å². The monoisotopic (exact) mass is 307 g/mol. The van der Waals surface area contributed by atoms with Crippen LogP contribution in [0.25, 0.3) is 0 Å². The van der Waals surface area contributed by atoms with E-state index in [9.17, 15) is 22.3 Å². The molecule has 0 aliphatic rings. The summed E-state index contributed by atoms with van der Waals surface area (Å²) >= 11 is 0. The van der Waals surface area contributed by atoms with Gasteiger partial charge in [0, 0.05) is 12.8 Å². The third-order valence-electron chi connectivity index (χ3n) is 2.87. The number of likely N-dealkylation sites (N-methyl/N-ethyl adjacent to an activating group) is 1. The van der Waals surface area contributed by atoms with Gasteiger partial charge < -0.3 is 10.0 Å². The van der Waals surface area contributed by atoms with Crippen LogP contribution in [0.4, 0.5) is 8.78 Å². The third kappa shape index (κ3) is 5.94. The van der Waals surface area contributed by atoms with Gasteiger partial charge >= 0.3 is 0 Å². The van der Waals surface area contributed by atoms with Crippen molar-refractivity contribution in [1.82, 2.24) is 4.90 Å². The maximum absolute atomic E-state index is 13.0. The number of aliphatic hydroxyl groups is 1. The summed E-state index contributed by atoms with van der Waals surface area (Å²) in [5, 5.41) is 9.92. The highest BCUT2D eigenvalue weighted by atomic mass is 32.2. The highest BCUT2D eigenvalue weighted by molar-refractivity contribution is 7.90. The van der Waals surface area contributed by atoms with Gasteiger partial charge in [0.15, 0.2) is 11.6 Å². The van der Waals surface area contributed by atoms with Gasteiger partial charge in [-0.1, -0.05) is 6.07 Å². The zero-order valence-corrected chi connectivity index (χ0v) is 12.3. The van der Waals surface area contributed by atoms with E-state index in [1.807, 2.05) is 0 Å². The average molecular weight is 307 g/mol. The molecule has 1 aromatic rings. The maximum Gasteiger partial charge on any atom is 0.159 e. The van der Waals surface area contributed by atoms with E-state index in [4.69, 9.17) is 0 Å². The Labute approximate surface area is 117 Å². The summed E-state index contributed by atoms with van der Waals surface area (Å²) in [5.41, 5.74) is 0.291. The molecule has 1 atom stereocenters. The SMILES string of the molecule is CN(CCCS(C)(=O)=O)CC(O)c1ccc(F)c(F)c1. The molecule has 4 nitrogen and oxygen atoms in total. The number of aliphatic hydroxyl groups excluding tert-OH is 1. The first kappa shape index (κ1) is 17.0. The second kappa shape index (κ2) is 7.10. The Morgan fingerprint density at radius 3 is 2.50 bits per heavy atom. The van der Waals surface area contributed by atoms with Crippen LogP contribution < -0.4 is 0 Å². The third-order valence-corrected chi connectivity index (χ3v) is 3.90. The van der Waals surface area contributed by atoms with Crippen LogP contribution in [0, 0.1) is 11.6 Å². The van der Waals surface area contributed by atoms with Crippen molar-refractivity contribution in [2.45, 2.75) is 12.5 Å². The Morgan fingerprint density at radius 2 is 1.95 bits per heavy atom. The quantitative estimate of drug-likeness (QED) is 0.826. The lowest BCUT2D eigenvalue weighted by molar-refractivity contribution is 0.126. The summed E-state index contributed by atoms with van der Waals surface area (Å²) in [6, 6.07) is 3.26. The lowest BCUT2D eigenvalue weighted by atomic mass is 10.1. The second-order valence-electron chi connectivity index (χ2n) is 4.94. The smallest absolute Gasteiger partial charge is 0.159 e. The van der Waals surface area contributed by atoms with Crippen molar-refractivity contribution in [2.75, 3.05) is 32.1 Å². The molecular weight excluding hydrogens is 288 g/mol.